The number of aromatic nitrogens is 2. The first kappa shape index (κ1) is 23.4. The summed E-state index contributed by atoms with van der Waals surface area (Å²) >= 11 is 6.01. The Balaban J connectivity index is 1.50. The summed E-state index contributed by atoms with van der Waals surface area (Å²) in [5.74, 6) is 0.627. The molecule has 2 heterocycles. The van der Waals surface area contributed by atoms with E-state index in [0.717, 1.165) is 11.1 Å². The molecule has 1 amide bonds. The SMILES string of the molecule is O=C(O)N1CCN(c2cnn(-c3ccc(Cl)cc3)c(=O)c2Oc2ccc(-c3ccccc3)cc2)CC1. The van der Waals surface area contributed by atoms with Crippen molar-refractivity contribution in [3.63, 3.8) is 0 Å². The van der Waals surface area contributed by atoms with E-state index in [1.165, 1.54) is 9.58 Å². The van der Waals surface area contributed by atoms with Gasteiger partial charge in [-0.1, -0.05) is 54.1 Å². The zero-order valence-electron chi connectivity index (χ0n) is 19.3. The second-order valence-corrected chi connectivity index (χ2v) is 8.74. The van der Waals surface area contributed by atoms with E-state index in [2.05, 4.69) is 5.10 Å². The third-order valence-electron chi connectivity index (χ3n) is 6.06. The highest BCUT2D eigenvalue weighted by atomic mass is 35.5. The molecule has 1 aromatic heterocycles. The Kier molecular flexibility index (Phi) is 6.60. The number of anilines is 1. The number of carbonyl (C=O) groups is 1. The minimum atomic E-state index is -0.957. The molecule has 0 radical (unpaired) electrons. The Labute approximate surface area is 212 Å². The Morgan fingerprint density at radius 1 is 0.861 bits per heavy atom. The quantitative estimate of drug-likeness (QED) is 0.406. The Morgan fingerprint density at radius 3 is 2.14 bits per heavy atom. The van der Waals surface area contributed by atoms with E-state index in [0.29, 0.717) is 48.3 Å². The standard InChI is InChI=1S/C27H23ClN4O4/c28-21-8-10-22(11-9-21)32-26(33)25(24(18-29-32)30-14-16-31(17-15-30)27(34)35)36-23-12-6-20(7-13-23)19-4-2-1-3-5-19/h1-13,18H,14-17H2,(H,34,35). The van der Waals surface area contributed by atoms with Crippen LogP contribution in [-0.2, 0) is 0 Å². The third-order valence-corrected chi connectivity index (χ3v) is 6.31. The van der Waals surface area contributed by atoms with Crippen molar-refractivity contribution in [2.45, 2.75) is 0 Å². The number of benzene rings is 3. The summed E-state index contributed by atoms with van der Waals surface area (Å²) in [7, 11) is 0. The lowest BCUT2D eigenvalue weighted by Crippen LogP contribution is -2.48. The lowest BCUT2D eigenvalue weighted by atomic mass is 10.1. The van der Waals surface area contributed by atoms with Crippen molar-refractivity contribution < 1.29 is 14.6 Å². The fourth-order valence-corrected chi connectivity index (χ4v) is 4.25. The number of ether oxygens (including phenoxy) is 1. The maximum Gasteiger partial charge on any atom is 0.407 e. The summed E-state index contributed by atoms with van der Waals surface area (Å²) in [5.41, 5.74) is 2.75. The molecule has 0 aliphatic carbocycles. The van der Waals surface area contributed by atoms with Crippen LogP contribution in [0.15, 0.2) is 89.9 Å². The van der Waals surface area contributed by atoms with Gasteiger partial charge in [-0.05, 0) is 47.5 Å². The Morgan fingerprint density at radius 2 is 1.50 bits per heavy atom. The largest absolute Gasteiger partial charge is 0.465 e. The molecular weight excluding hydrogens is 480 g/mol. The summed E-state index contributed by atoms with van der Waals surface area (Å²) in [6.45, 7) is 1.48. The van der Waals surface area contributed by atoms with Crippen molar-refractivity contribution >= 4 is 23.4 Å². The minimum absolute atomic E-state index is 0.121. The fourth-order valence-electron chi connectivity index (χ4n) is 4.12. The highest BCUT2D eigenvalue weighted by Gasteiger charge is 2.25. The fraction of sp³-hybridized carbons (Fsp3) is 0.148. The summed E-state index contributed by atoms with van der Waals surface area (Å²) in [4.78, 5) is 28.2. The van der Waals surface area contributed by atoms with Gasteiger partial charge in [-0.3, -0.25) is 4.79 Å². The predicted octanol–water partition coefficient (Wildman–Crippen LogP) is 5.15. The molecule has 8 nitrogen and oxygen atoms in total. The molecule has 9 heteroatoms. The number of halogens is 1. The normalized spacial score (nSPS) is 13.5. The average molecular weight is 503 g/mol. The van der Waals surface area contributed by atoms with Gasteiger partial charge in [0.05, 0.1) is 11.9 Å². The van der Waals surface area contributed by atoms with Gasteiger partial charge in [0.15, 0.2) is 0 Å². The van der Waals surface area contributed by atoms with Gasteiger partial charge >= 0.3 is 11.7 Å². The van der Waals surface area contributed by atoms with Crippen LogP contribution in [0.4, 0.5) is 10.5 Å². The highest BCUT2D eigenvalue weighted by Crippen LogP contribution is 2.31. The first-order valence-corrected chi connectivity index (χ1v) is 11.8. The minimum Gasteiger partial charge on any atom is -0.465 e. The van der Waals surface area contributed by atoms with Crippen molar-refractivity contribution in [2.24, 2.45) is 0 Å². The molecule has 1 saturated heterocycles. The molecule has 1 N–H and O–H groups in total. The molecule has 3 aromatic carbocycles. The highest BCUT2D eigenvalue weighted by molar-refractivity contribution is 6.30. The van der Waals surface area contributed by atoms with Gasteiger partial charge in [-0.2, -0.15) is 9.78 Å². The van der Waals surface area contributed by atoms with Crippen LogP contribution in [-0.4, -0.2) is 52.1 Å². The van der Waals surface area contributed by atoms with E-state index >= 15 is 0 Å². The summed E-state index contributed by atoms with van der Waals surface area (Å²) in [6.07, 6.45) is 0.626. The number of carboxylic acid groups (broad SMARTS) is 1. The van der Waals surface area contributed by atoms with Crippen LogP contribution in [0.3, 0.4) is 0 Å². The van der Waals surface area contributed by atoms with Gasteiger partial charge in [-0.15, -0.1) is 0 Å². The second-order valence-electron chi connectivity index (χ2n) is 8.30. The molecule has 1 aliphatic heterocycles. The molecule has 36 heavy (non-hydrogen) atoms. The van der Waals surface area contributed by atoms with Crippen molar-refractivity contribution in [3.05, 3.63) is 100 Å². The van der Waals surface area contributed by atoms with Gasteiger partial charge in [-0.25, -0.2) is 4.79 Å². The van der Waals surface area contributed by atoms with E-state index < -0.39 is 11.7 Å². The lowest BCUT2D eigenvalue weighted by molar-refractivity contribution is 0.142. The monoisotopic (exact) mass is 502 g/mol. The first-order valence-electron chi connectivity index (χ1n) is 11.4. The average Bonchev–Trinajstić information content (AvgIpc) is 2.91. The van der Waals surface area contributed by atoms with Crippen LogP contribution >= 0.6 is 11.6 Å². The maximum atomic E-state index is 13.6. The Bertz CT molecular complexity index is 1420. The zero-order chi connectivity index (χ0) is 25.1. The van der Waals surface area contributed by atoms with Crippen LogP contribution < -0.4 is 15.2 Å². The van der Waals surface area contributed by atoms with Crippen LogP contribution in [0.1, 0.15) is 0 Å². The first-order chi connectivity index (χ1) is 17.5. The molecule has 4 aromatic rings. The topological polar surface area (TPSA) is 87.9 Å². The number of amides is 1. The smallest absolute Gasteiger partial charge is 0.407 e. The van der Waals surface area contributed by atoms with Gasteiger partial charge in [0.25, 0.3) is 0 Å². The van der Waals surface area contributed by atoms with Crippen LogP contribution in [0, 0.1) is 0 Å². The van der Waals surface area contributed by atoms with Gasteiger partial charge < -0.3 is 19.6 Å². The van der Waals surface area contributed by atoms with Crippen molar-refractivity contribution in [3.8, 4) is 28.3 Å². The molecule has 0 spiro atoms. The second kappa shape index (κ2) is 10.1. The molecule has 0 saturated carbocycles. The zero-order valence-corrected chi connectivity index (χ0v) is 20.0. The van der Waals surface area contributed by atoms with E-state index in [1.54, 1.807) is 30.5 Å². The van der Waals surface area contributed by atoms with E-state index in [9.17, 15) is 14.7 Å². The van der Waals surface area contributed by atoms with Gasteiger partial charge in [0.2, 0.25) is 5.75 Å². The Hall–Kier alpha value is -4.30. The number of piperazine rings is 1. The number of nitrogens with zero attached hydrogens (tertiary/aromatic N) is 4. The van der Waals surface area contributed by atoms with E-state index in [-0.39, 0.29) is 5.75 Å². The number of hydrogen-bond donors (Lipinski definition) is 1. The van der Waals surface area contributed by atoms with Crippen molar-refractivity contribution in [1.82, 2.24) is 14.7 Å². The molecule has 0 bridgehead atoms. The number of hydrogen-bond acceptors (Lipinski definition) is 5. The molecule has 1 aliphatic rings. The molecule has 0 atom stereocenters. The van der Waals surface area contributed by atoms with Crippen molar-refractivity contribution in [1.29, 1.82) is 0 Å². The van der Waals surface area contributed by atoms with E-state index in [1.807, 2.05) is 59.5 Å². The molecule has 1 fully saturated rings. The summed E-state index contributed by atoms with van der Waals surface area (Å²) in [5, 5.41) is 14.2. The maximum absolute atomic E-state index is 13.6. The van der Waals surface area contributed by atoms with Crippen LogP contribution in [0.5, 0.6) is 11.5 Å². The molecule has 5 rings (SSSR count). The van der Waals surface area contributed by atoms with Crippen LogP contribution in [0.25, 0.3) is 16.8 Å². The van der Waals surface area contributed by atoms with Crippen LogP contribution in [0.2, 0.25) is 5.02 Å². The summed E-state index contributed by atoms with van der Waals surface area (Å²) in [6, 6.07) is 24.3. The van der Waals surface area contributed by atoms with Gasteiger partial charge in [0.1, 0.15) is 11.4 Å². The summed E-state index contributed by atoms with van der Waals surface area (Å²) < 4.78 is 7.44. The molecule has 182 valence electrons. The number of rotatable bonds is 5. The molecular formula is C27H23ClN4O4. The third kappa shape index (κ3) is 4.89. The lowest BCUT2D eigenvalue weighted by Gasteiger charge is -2.34. The van der Waals surface area contributed by atoms with E-state index in [4.69, 9.17) is 16.3 Å². The predicted molar refractivity (Wildman–Crippen MR) is 139 cm³/mol. The van der Waals surface area contributed by atoms with Crippen molar-refractivity contribution in [2.75, 3.05) is 31.1 Å². The van der Waals surface area contributed by atoms with Gasteiger partial charge in [0, 0.05) is 31.2 Å². The molecule has 0 unspecified atom stereocenters.